The van der Waals surface area contributed by atoms with Crippen molar-refractivity contribution in [3.63, 3.8) is 0 Å². The largest absolute Gasteiger partial charge is 0.484 e. The molecule has 0 saturated heterocycles. The van der Waals surface area contributed by atoms with Gasteiger partial charge in [0.2, 0.25) is 5.91 Å². The summed E-state index contributed by atoms with van der Waals surface area (Å²) in [5.41, 5.74) is 0.688. The van der Waals surface area contributed by atoms with Crippen LogP contribution in [-0.4, -0.2) is 36.4 Å². The summed E-state index contributed by atoms with van der Waals surface area (Å²) >= 11 is 18.1. The summed E-state index contributed by atoms with van der Waals surface area (Å²) < 4.78 is 5.56. The summed E-state index contributed by atoms with van der Waals surface area (Å²) in [5, 5.41) is 4.09. The smallest absolute Gasteiger partial charge is 0.261 e. The molecule has 1 N–H and O–H groups in total. The van der Waals surface area contributed by atoms with Crippen LogP contribution in [0.5, 0.6) is 5.75 Å². The summed E-state index contributed by atoms with van der Waals surface area (Å²) in [7, 11) is 1.53. The zero-order valence-corrected chi connectivity index (χ0v) is 17.8. The molecule has 2 amide bonds. The maximum absolute atomic E-state index is 12.9. The van der Waals surface area contributed by atoms with Crippen LogP contribution in [0.25, 0.3) is 0 Å². The van der Waals surface area contributed by atoms with Crippen LogP contribution in [0.2, 0.25) is 15.1 Å². The van der Waals surface area contributed by atoms with Crippen molar-refractivity contribution in [3.8, 4) is 5.75 Å². The normalized spacial score (nSPS) is 11.6. The molecule has 2 aromatic carbocycles. The van der Waals surface area contributed by atoms with Gasteiger partial charge >= 0.3 is 0 Å². The number of halogens is 3. The minimum Gasteiger partial charge on any atom is -0.484 e. The number of carbonyl (C=O) groups excluding carboxylic acids is 2. The molecule has 28 heavy (non-hydrogen) atoms. The monoisotopic (exact) mass is 442 g/mol. The number of ether oxygens (including phenoxy) is 1. The molecular weight excluding hydrogens is 423 g/mol. The van der Waals surface area contributed by atoms with Crippen LogP contribution in [0.3, 0.4) is 0 Å². The number of hydrogen-bond acceptors (Lipinski definition) is 3. The van der Waals surface area contributed by atoms with Crippen molar-refractivity contribution in [2.24, 2.45) is 0 Å². The summed E-state index contributed by atoms with van der Waals surface area (Å²) in [6, 6.07) is 11.1. The third kappa shape index (κ3) is 6.03. The van der Waals surface area contributed by atoms with Gasteiger partial charge in [-0.3, -0.25) is 9.59 Å². The molecule has 0 unspecified atom stereocenters. The topological polar surface area (TPSA) is 58.6 Å². The molecule has 0 aliphatic rings. The van der Waals surface area contributed by atoms with Crippen LogP contribution in [0.15, 0.2) is 42.5 Å². The van der Waals surface area contributed by atoms with Crippen molar-refractivity contribution in [2.75, 3.05) is 13.7 Å². The van der Waals surface area contributed by atoms with Crippen LogP contribution in [0, 0.1) is 0 Å². The summed E-state index contributed by atoms with van der Waals surface area (Å²) in [6.45, 7) is 1.77. The summed E-state index contributed by atoms with van der Waals surface area (Å²) in [6.07, 6.45) is 0.442. The van der Waals surface area contributed by atoms with Crippen LogP contribution < -0.4 is 10.1 Å². The first-order valence-corrected chi connectivity index (χ1v) is 9.82. The third-order valence-corrected chi connectivity index (χ3v) is 5.00. The zero-order valence-electron chi connectivity index (χ0n) is 15.5. The second kappa shape index (κ2) is 10.6. The molecule has 150 valence electrons. The van der Waals surface area contributed by atoms with E-state index in [4.69, 9.17) is 39.5 Å². The van der Waals surface area contributed by atoms with E-state index in [0.717, 1.165) is 0 Å². The fraction of sp³-hybridized carbons (Fsp3) is 0.300. The number of nitrogens with zero attached hydrogens (tertiary/aromatic N) is 1. The Balaban J connectivity index is 2.21. The maximum atomic E-state index is 12.9. The fourth-order valence-corrected chi connectivity index (χ4v) is 3.27. The average molecular weight is 444 g/mol. The van der Waals surface area contributed by atoms with Gasteiger partial charge in [-0.05, 0) is 48.4 Å². The molecule has 8 heteroatoms. The molecule has 0 aromatic heterocycles. The fourth-order valence-electron chi connectivity index (χ4n) is 2.68. The Bertz CT molecular complexity index is 828. The Morgan fingerprint density at radius 3 is 2.29 bits per heavy atom. The number of carbonyl (C=O) groups is 2. The van der Waals surface area contributed by atoms with E-state index in [1.807, 2.05) is 6.92 Å². The van der Waals surface area contributed by atoms with Crippen molar-refractivity contribution >= 4 is 46.6 Å². The predicted octanol–water partition coefficient (Wildman–Crippen LogP) is 4.58. The van der Waals surface area contributed by atoms with Gasteiger partial charge < -0.3 is 15.0 Å². The lowest BCUT2D eigenvalue weighted by Crippen LogP contribution is -2.49. The van der Waals surface area contributed by atoms with Gasteiger partial charge in [0.05, 0.1) is 0 Å². The van der Waals surface area contributed by atoms with E-state index in [1.165, 1.54) is 11.9 Å². The lowest BCUT2D eigenvalue weighted by molar-refractivity contribution is -0.142. The van der Waals surface area contributed by atoms with Crippen molar-refractivity contribution < 1.29 is 14.3 Å². The van der Waals surface area contributed by atoms with E-state index in [9.17, 15) is 9.59 Å². The number of nitrogens with one attached hydrogen (secondary N) is 1. The van der Waals surface area contributed by atoms with Gasteiger partial charge in [-0.15, -0.1) is 0 Å². The molecule has 5 nitrogen and oxygen atoms in total. The molecule has 2 aromatic rings. The Morgan fingerprint density at radius 1 is 1.07 bits per heavy atom. The number of benzene rings is 2. The van der Waals surface area contributed by atoms with Crippen LogP contribution in [-0.2, 0) is 16.1 Å². The Kier molecular flexibility index (Phi) is 8.42. The van der Waals surface area contributed by atoms with Gasteiger partial charge in [0.15, 0.2) is 6.61 Å². The SMILES string of the molecule is CC[C@@H](C(=O)NC)N(Cc1ccc(Cl)cc1Cl)C(=O)COc1ccc(Cl)cc1. The lowest BCUT2D eigenvalue weighted by atomic mass is 10.1. The highest BCUT2D eigenvalue weighted by Gasteiger charge is 2.28. The van der Waals surface area contributed by atoms with E-state index in [1.54, 1.807) is 42.5 Å². The van der Waals surface area contributed by atoms with E-state index < -0.39 is 6.04 Å². The molecule has 0 heterocycles. The lowest BCUT2D eigenvalue weighted by Gasteiger charge is -2.30. The van der Waals surface area contributed by atoms with Crippen molar-refractivity contribution in [1.82, 2.24) is 10.2 Å². The molecule has 1 atom stereocenters. The Hall–Kier alpha value is -1.95. The van der Waals surface area contributed by atoms with E-state index in [0.29, 0.717) is 32.8 Å². The first-order valence-electron chi connectivity index (χ1n) is 8.69. The van der Waals surface area contributed by atoms with Gasteiger partial charge in [0.1, 0.15) is 11.8 Å². The second-order valence-corrected chi connectivity index (χ2v) is 7.32. The predicted molar refractivity (Wildman–Crippen MR) is 112 cm³/mol. The van der Waals surface area contributed by atoms with E-state index >= 15 is 0 Å². The molecule has 0 saturated carbocycles. The third-order valence-electron chi connectivity index (χ3n) is 4.16. The minimum atomic E-state index is -0.655. The highest BCUT2D eigenvalue weighted by atomic mass is 35.5. The molecule has 0 radical (unpaired) electrons. The van der Waals surface area contributed by atoms with Crippen molar-refractivity contribution in [2.45, 2.75) is 25.9 Å². The van der Waals surface area contributed by atoms with Crippen LogP contribution in [0.4, 0.5) is 0 Å². The van der Waals surface area contributed by atoms with Gasteiger partial charge in [0.25, 0.3) is 5.91 Å². The van der Waals surface area contributed by atoms with Crippen LogP contribution in [0.1, 0.15) is 18.9 Å². The number of rotatable bonds is 8. The van der Waals surface area contributed by atoms with Gasteiger partial charge in [-0.1, -0.05) is 47.8 Å². The standard InChI is InChI=1S/C20H21Cl3N2O3/c1-3-18(20(27)24-2)25(11-13-4-5-15(22)10-17(13)23)19(26)12-28-16-8-6-14(21)7-9-16/h4-10,18H,3,11-12H2,1-2H3,(H,24,27)/t18-/m0/s1. The van der Waals surface area contributed by atoms with Crippen molar-refractivity contribution in [1.29, 1.82) is 0 Å². The molecular formula is C20H21Cl3N2O3. The summed E-state index contributed by atoms with van der Waals surface area (Å²) in [4.78, 5) is 26.7. The second-order valence-electron chi connectivity index (χ2n) is 6.04. The zero-order chi connectivity index (χ0) is 20.7. The molecule has 0 aliphatic heterocycles. The molecule has 0 fully saturated rings. The molecule has 0 bridgehead atoms. The maximum Gasteiger partial charge on any atom is 0.261 e. The molecule has 2 rings (SSSR count). The molecule has 0 aliphatic carbocycles. The van der Waals surface area contributed by atoms with E-state index in [2.05, 4.69) is 5.32 Å². The highest BCUT2D eigenvalue weighted by Crippen LogP contribution is 2.24. The molecule has 0 spiro atoms. The minimum absolute atomic E-state index is 0.157. The van der Waals surface area contributed by atoms with Gasteiger partial charge in [-0.25, -0.2) is 0 Å². The van der Waals surface area contributed by atoms with Crippen molar-refractivity contribution in [3.05, 3.63) is 63.1 Å². The van der Waals surface area contributed by atoms with E-state index in [-0.39, 0.29) is 25.0 Å². The van der Waals surface area contributed by atoms with Gasteiger partial charge in [-0.2, -0.15) is 0 Å². The summed E-state index contributed by atoms with van der Waals surface area (Å²) in [5.74, 6) is -0.0842. The van der Waals surface area contributed by atoms with Gasteiger partial charge in [0, 0.05) is 28.7 Å². The average Bonchev–Trinajstić information content (AvgIpc) is 2.68. The number of likely N-dealkylation sites (N-methyl/N-ethyl adjacent to an activating group) is 1. The highest BCUT2D eigenvalue weighted by molar-refractivity contribution is 6.35. The Labute approximate surface area is 179 Å². The number of hydrogen-bond donors (Lipinski definition) is 1. The first-order chi connectivity index (χ1) is 13.3. The quantitative estimate of drug-likeness (QED) is 0.650. The van der Waals surface area contributed by atoms with Crippen LogP contribution >= 0.6 is 34.8 Å². The Morgan fingerprint density at radius 2 is 1.71 bits per heavy atom. The first kappa shape index (κ1) is 22.3. The number of amides is 2.